The Bertz CT molecular complexity index is 573. The topological polar surface area (TPSA) is 9.29 Å². The quantitative estimate of drug-likeness (QED) is 0.541. The molecule has 0 fully saturated rings. The Morgan fingerprint density at radius 3 is 2.93 bits per heavy atom. The van der Waals surface area contributed by atoms with Crippen LogP contribution in [0.1, 0.15) is 5.56 Å². The Morgan fingerprint density at radius 1 is 1.47 bits per heavy atom. The number of benzene rings is 1. The molecule has 0 aliphatic rings. The van der Waals surface area contributed by atoms with Gasteiger partial charge in [-0.15, -0.1) is 0 Å². The van der Waals surface area contributed by atoms with E-state index >= 15 is 0 Å². The highest BCUT2D eigenvalue weighted by molar-refractivity contribution is 9.12. The van der Waals surface area contributed by atoms with E-state index in [9.17, 15) is 0 Å². The Labute approximate surface area is 96.8 Å². The van der Waals surface area contributed by atoms with Crippen LogP contribution in [-0.4, -0.2) is 4.57 Å². The van der Waals surface area contributed by atoms with Crippen LogP contribution in [0.2, 0.25) is 0 Å². The minimum atomic E-state index is 0.503. The fourth-order valence-electron chi connectivity index (χ4n) is 1.63. The van der Waals surface area contributed by atoms with Crippen molar-refractivity contribution in [2.24, 2.45) is 0 Å². The normalized spacial score (nSPS) is 11.7. The van der Waals surface area contributed by atoms with Crippen LogP contribution in [0.25, 0.3) is 21.9 Å². The lowest BCUT2D eigenvalue weighted by Crippen LogP contribution is -1.82. The van der Waals surface area contributed by atoms with Crippen LogP contribution in [0.3, 0.4) is 0 Å². The number of halogens is 1. The smallest absolute Gasteiger partial charge is 0.243 e. The van der Waals surface area contributed by atoms with Crippen LogP contribution < -0.4 is 0 Å². The highest BCUT2D eigenvalue weighted by atomic mass is 79.9. The zero-order chi connectivity index (χ0) is 10.8. The maximum absolute atomic E-state index is 6.87. The third kappa shape index (κ3) is 1.81. The Hall–Kier alpha value is -1.53. The molecule has 15 heavy (non-hydrogen) atoms. The molecule has 2 nitrogen and oxygen atoms in total. The summed E-state index contributed by atoms with van der Waals surface area (Å²) in [5.74, 6) is 0. The van der Waals surface area contributed by atoms with E-state index in [1.54, 1.807) is 6.20 Å². The van der Waals surface area contributed by atoms with Gasteiger partial charge in [0, 0.05) is 17.8 Å². The van der Waals surface area contributed by atoms with E-state index in [1.807, 2.05) is 29.0 Å². The zero-order valence-electron chi connectivity index (χ0n) is 8.24. The fraction of sp³-hybridized carbons (Fsp3) is 0.0833. The van der Waals surface area contributed by atoms with Crippen molar-refractivity contribution in [3.05, 3.63) is 52.0 Å². The first-order valence-corrected chi connectivity index (χ1v) is 5.32. The summed E-state index contributed by atoms with van der Waals surface area (Å²) in [6.07, 6.45) is 3.80. The second-order valence-electron chi connectivity index (χ2n) is 3.30. The summed E-state index contributed by atoms with van der Waals surface area (Å²) < 4.78 is 2.47. The molecule has 74 valence electrons. The van der Waals surface area contributed by atoms with Gasteiger partial charge >= 0.3 is 0 Å². The third-order valence-electron chi connectivity index (χ3n) is 2.29. The van der Waals surface area contributed by atoms with Gasteiger partial charge in [-0.3, -0.25) is 0 Å². The highest BCUT2D eigenvalue weighted by Crippen LogP contribution is 2.22. The molecule has 0 spiro atoms. The maximum atomic E-state index is 6.87. The summed E-state index contributed by atoms with van der Waals surface area (Å²) in [7, 11) is 0. The average Bonchev–Trinajstić information content (AvgIpc) is 2.57. The van der Waals surface area contributed by atoms with Gasteiger partial charge in [0.05, 0.1) is 12.1 Å². The van der Waals surface area contributed by atoms with Crippen LogP contribution in [0.15, 0.2) is 35.1 Å². The number of hydrogen-bond donors (Lipinski definition) is 0. The van der Waals surface area contributed by atoms with E-state index < -0.39 is 0 Å². The Balaban J connectivity index is 2.69. The van der Waals surface area contributed by atoms with Crippen LogP contribution >= 0.6 is 15.9 Å². The highest BCUT2D eigenvalue weighted by Gasteiger charge is 2.02. The Morgan fingerprint density at radius 2 is 2.20 bits per heavy atom. The molecule has 1 aromatic carbocycles. The third-order valence-corrected chi connectivity index (χ3v) is 2.67. The molecule has 1 heterocycles. The van der Waals surface area contributed by atoms with Crippen molar-refractivity contribution in [2.75, 3.05) is 0 Å². The first-order chi connectivity index (χ1) is 7.22. The summed E-state index contributed by atoms with van der Waals surface area (Å²) in [4.78, 5) is 3.31. The summed E-state index contributed by atoms with van der Waals surface area (Å²) in [5, 5.41) is 1.22. The Kier molecular flexibility index (Phi) is 2.61. The van der Waals surface area contributed by atoms with Crippen molar-refractivity contribution < 1.29 is 0 Å². The first-order valence-electron chi connectivity index (χ1n) is 4.53. The second kappa shape index (κ2) is 3.92. The fourth-order valence-corrected chi connectivity index (χ4v) is 1.85. The van der Waals surface area contributed by atoms with Gasteiger partial charge in [0.15, 0.2) is 0 Å². The number of fused-ring (bicyclic) bond motifs is 1. The molecular formula is C12H9BrN2. The van der Waals surface area contributed by atoms with Crippen molar-refractivity contribution in [2.45, 2.75) is 6.92 Å². The van der Waals surface area contributed by atoms with Gasteiger partial charge < -0.3 is 4.57 Å². The van der Waals surface area contributed by atoms with E-state index in [4.69, 9.17) is 6.57 Å². The van der Waals surface area contributed by atoms with Gasteiger partial charge in [-0.25, -0.2) is 4.85 Å². The zero-order valence-corrected chi connectivity index (χ0v) is 9.82. The molecule has 3 heteroatoms. The van der Waals surface area contributed by atoms with Crippen molar-refractivity contribution in [1.29, 1.82) is 0 Å². The summed E-state index contributed by atoms with van der Waals surface area (Å²) in [6.45, 7) is 8.94. The van der Waals surface area contributed by atoms with E-state index in [0.29, 0.717) is 4.61 Å². The molecule has 0 atom stereocenters. The SMILES string of the molecule is [C-]#[N+]/C(Br)=C/n1cc(C)c2ccccc21. The molecule has 0 bridgehead atoms. The van der Waals surface area contributed by atoms with Crippen molar-refractivity contribution in [1.82, 2.24) is 4.57 Å². The molecule has 0 aliphatic heterocycles. The molecule has 0 amide bonds. The van der Waals surface area contributed by atoms with Crippen molar-refractivity contribution in [3.63, 3.8) is 0 Å². The standard InChI is InChI=1S/C12H9BrN2/c1-9-7-15(8-12(13)14-2)11-6-4-3-5-10(9)11/h3-8H,1H3/b12-8+. The maximum Gasteiger partial charge on any atom is 0.243 e. The van der Waals surface area contributed by atoms with Crippen LogP contribution in [-0.2, 0) is 0 Å². The average molecular weight is 261 g/mol. The molecule has 0 radical (unpaired) electrons. The number of hydrogen-bond acceptors (Lipinski definition) is 0. The molecule has 0 unspecified atom stereocenters. The van der Waals surface area contributed by atoms with Gasteiger partial charge in [0.2, 0.25) is 4.61 Å². The predicted octanol–water partition coefficient (Wildman–Crippen LogP) is 4.02. The number of aromatic nitrogens is 1. The summed E-state index contributed by atoms with van der Waals surface area (Å²) >= 11 is 3.19. The lowest BCUT2D eigenvalue weighted by Gasteiger charge is -1.96. The number of aryl methyl sites for hydroxylation is 1. The number of rotatable bonds is 1. The monoisotopic (exact) mass is 260 g/mol. The molecular weight excluding hydrogens is 252 g/mol. The van der Waals surface area contributed by atoms with Gasteiger partial charge in [-0.05, 0) is 18.6 Å². The lowest BCUT2D eigenvalue weighted by molar-refractivity contribution is 1.21. The van der Waals surface area contributed by atoms with Gasteiger partial charge in [0.25, 0.3) is 0 Å². The van der Waals surface area contributed by atoms with E-state index in [0.717, 1.165) is 5.52 Å². The minimum absolute atomic E-state index is 0.503. The molecule has 1 aromatic heterocycles. The number of nitrogens with zero attached hydrogens (tertiary/aromatic N) is 2. The summed E-state index contributed by atoms with van der Waals surface area (Å²) in [5.41, 5.74) is 2.34. The molecule has 2 aromatic rings. The van der Waals surface area contributed by atoms with Crippen LogP contribution in [0.4, 0.5) is 0 Å². The molecule has 0 aliphatic carbocycles. The lowest BCUT2D eigenvalue weighted by atomic mass is 10.2. The first kappa shape index (κ1) is 10.0. The molecule has 2 rings (SSSR count). The molecule has 0 N–H and O–H groups in total. The van der Waals surface area contributed by atoms with E-state index in [2.05, 4.69) is 33.8 Å². The number of para-hydroxylation sites is 1. The van der Waals surface area contributed by atoms with Crippen LogP contribution in [0, 0.1) is 13.5 Å². The molecule has 0 saturated carbocycles. The van der Waals surface area contributed by atoms with Crippen molar-refractivity contribution in [3.8, 4) is 0 Å². The summed E-state index contributed by atoms with van der Waals surface area (Å²) in [6, 6.07) is 8.15. The van der Waals surface area contributed by atoms with Gasteiger partial charge in [-0.1, -0.05) is 34.1 Å². The van der Waals surface area contributed by atoms with Gasteiger partial charge in [0.1, 0.15) is 0 Å². The van der Waals surface area contributed by atoms with E-state index in [-0.39, 0.29) is 0 Å². The van der Waals surface area contributed by atoms with Crippen molar-refractivity contribution >= 4 is 33.0 Å². The van der Waals surface area contributed by atoms with Gasteiger partial charge in [-0.2, -0.15) is 0 Å². The van der Waals surface area contributed by atoms with Crippen LogP contribution in [0.5, 0.6) is 0 Å². The van der Waals surface area contributed by atoms with E-state index in [1.165, 1.54) is 10.9 Å². The molecule has 0 saturated heterocycles. The minimum Gasteiger partial charge on any atom is -0.333 e. The second-order valence-corrected chi connectivity index (χ2v) is 4.11. The predicted molar refractivity (Wildman–Crippen MR) is 66.5 cm³/mol. The largest absolute Gasteiger partial charge is 0.333 e.